The van der Waals surface area contributed by atoms with Gasteiger partial charge in [0.05, 0.1) is 15.6 Å². The number of benzene rings is 1. The van der Waals surface area contributed by atoms with Gasteiger partial charge in [0.25, 0.3) is 11.6 Å². The second-order valence-electron chi connectivity index (χ2n) is 6.58. The van der Waals surface area contributed by atoms with Gasteiger partial charge in [-0.25, -0.2) is 0 Å². The predicted octanol–water partition coefficient (Wildman–Crippen LogP) is 4.81. The number of nitro groups is 1. The van der Waals surface area contributed by atoms with Crippen molar-refractivity contribution in [1.29, 1.82) is 0 Å². The van der Waals surface area contributed by atoms with E-state index in [1.54, 1.807) is 0 Å². The van der Waals surface area contributed by atoms with Crippen LogP contribution < -0.4 is 5.32 Å². The summed E-state index contributed by atoms with van der Waals surface area (Å²) in [5, 5.41) is 16.6. The first-order chi connectivity index (χ1) is 13.6. The molecule has 1 heterocycles. The second-order valence-corrected chi connectivity index (χ2v) is 7.36. The molecule has 3 rings (SSSR count). The van der Waals surface area contributed by atoms with Crippen LogP contribution in [0, 0.1) is 10.1 Å². The standard InChI is InChI=1S/C17H15Cl2F3N4O3/c18-11-5-4-10(8-12(11)26(28)29)16(27)23-6-1-7-25-14(9-2-3-9)13(19)15(24-25)17(20,21)22/h4-5,8-9H,1-3,6-7H2,(H,23,27). The molecule has 7 nitrogen and oxygen atoms in total. The molecule has 1 N–H and O–H groups in total. The molecule has 2 aromatic rings. The fourth-order valence-corrected chi connectivity index (χ4v) is 3.46. The van der Waals surface area contributed by atoms with E-state index in [0.717, 1.165) is 18.9 Å². The van der Waals surface area contributed by atoms with Crippen molar-refractivity contribution in [2.24, 2.45) is 0 Å². The number of rotatable bonds is 7. The molecule has 0 spiro atoms. The van der Waals surface area contributed by atoms with Crippen LogP contribution >= 0.6 is 23.2 Å². The Balaban J connectivity index is 1.62. The lowest BCUT2D eigenvalue weighted by molar-refractivity contribution is -0.384. The number of hydrogen-bond donors (Lipinski definition) is 1. The molecule has 1 amide bonds. The number of aromatic nitrogens is 2. The summed E-state index contributed by atoms with van der Waals surface area (Å²) in [6, 6.07) is 3.66. The van der Waals surface area contributed by atoms with E-state index in [4.69, 9.17) is 23.2 Å². The number of hydrogen-bond acceptors (Lipinski definition) is 4. The fraction of sp³-hybridized carbons (Fsp3) is 0.412. The molecule has 0 saturated heterocycles. The first-order valence-corrected chi connectivity index (χ1v) is 9.40. The number of alkyl halides is 3. The van der Waals surface area contributed by atoms with Gasteiger partial charge >= 0.3 is 6.18 Å². The van der Waals surface area contributed by atoms with Crippen molar-refractivity contribution < 1.29 is 22.9 Å². The zero-order valence-electron chi connectivity index (χ0n) is 14.8. The summed E-state index contributed by atoms with van der Waals surface area (Å²) in [5.74, 6) is -0.586. The van der Waals surface area contributed by atoms with Gasteiger partial charge in [-0.15, -0.1) is 0 Å². The summed E-state index contributed by atoms with van der Waals surface area (Å²) < 4.78 is 40.4. The van der Waals surface area contributed by atoms with Crippen LogP contribution in [0.2, 0.25) is 10.0 Å². The van der Waals surface area contributed by atoms with Crippen LogP contribution in [-0.4, -0.2) is 27.2 Å². The number of nitrogens with zero attached hydrogens (tertiary/aromatic N) is 3. The summed E-state index contributed by atoms with van der Waals surface area (Å²) in [6.45, 7) is 0.279. The molecule has 1 saturated carbocycles. The third kappa shape index (κ3) is 4.81. The number of amides is 1. The lowest BCUT2D eigenvalue weighted by Crippen LogP contribution is -2.25. The van der Waals surface area contributed by atoms with Crippen LogP contribution in [-0.2, 0) is 12.7 Å². The Kier molecular flexibility index (Phi) is 6.04. The van der Waals surface area contributed by atoms with Crippen LogP contribution in [0.4, 0.5) is 18.9 Å². The zero-order valence-corrected chi connectivity index (χ0v) is 16.3. The summed E-state index contributed by atoms with van der Waals surface area (Å²) >= 11 is 11.6. The normalized spacial score (nSPS) is 14.1. The summed E-state index contributed by atoms with van der Waals surface area (Å²) in [5.41, 5.74) is -1.06. The number of carbonyl (C=O) groups excluding carboxylic acids is 1. The lowest BCUT2D eigenvalue weighted by Gasteiger charge is -2.08. The second kappa shape index (κ2) is 8.19. The summed E-state index contributed by atoms with van der Waals surface area (Å²) in [6.07, 6.45) is -2.82. The molecule has 0 radical (unpaired) electrons. The van der Waals surface area contributed by atoms with Gasteiger partial charge in [0.1, 0.15) is 5.02 Å². The predicted molar refractivity (Wildman–Crippen MR) is 99.3 cm³/mol. The average Bonchev–Trinajstić information content (AvgIpc) is 3.41. The van der Waals surface area contributed by atoms with Gasteiger partial charge in [0.15, 0.2) is 5.69 Å². The maximum atomic E-state index is 13.1. The zero-order chi connectivity index (χ0) is 21.3. The minimum absolute atomic E-state index is 0.0321. The Labute approximate surface area is 172 Å². The van der Waals surface area contributed by atoms with Crippen LogP contribution in [0.5, 0.6) is 0 Å². The van der Waals surface area contributed by atoms with E-state index in [1.165, 1.54) is 16.8 Å². The van der Waals surface area contributed by atoms with Gasteiger partial charge in [-0.1, -0.05) is 23.2 Å². The topological polar surface area (TPSA) is 90.1 Å². The van der Waals surface area contributed by atoms with E-state index < -0.39 is 22.7 Å². The number of carbonyl (C=O) groups is 1. The van der Waals surface area contributed by atoms with Gasteiger partial charge in [0.2, 0.25) is 0 Å². The quantitative estimate of drug-likeness (QED) is 0.372. The van der Waals surface area contributed by atoms with Gasteiger partial charge in [0, 0.05) is 30.6 Å². The van der Waals surface area contributed by atoms with Gasteiger partial charge in [-0.2, -0.15) is 18.3 Å². The van der Waals surface area contributed by atoms with Crippen molar-refractivity contribution in [1.82, 2.24) is 15.1 Å². The maximum absolute atomic E-state index is 13.1. The third-order valence-electron chi connectivity index (χ3n) is 4.40. The first kappa shape index (κ1) is 21.4. The molecule has 156 valence electrons. The molecule has 0 unspecified atom stereocenters. The number of nitrogens with one attached hydrogen (secondary N) is 1. The Morgan fingerprint density at radius 2 is 2.03 bits per heavy atom. The van der Waals surface area contributed by atoms with E-state index in [9.17, 15) is 28.1 Å². The summed E-state index contributed by atoms with van der Waals surface area (Å²) in [4.78, 5) is 22.3. The molecule has 0 bridgehead atoms. The summed E-state index contributed by atoms with van der Waals surface area (Å²) in [7, 11) is 0. The molecule has 1 aromatic carbocycles. The number of nitro benzene ring substituents is 1. The number of halogens is 5. The third-order valence-corrected chi connectivity index (χ3v) is 5.09. The van der Waals surface area contributed by atoms with Crippen LogP contribution in [0.1, 0.15) is 46.9 Å². The molecular weight excluding hydrogens is 436 g/mol. The molecule has 0 atom stereocenters. The van der Waals surface area contributed by atoms with E-state index in [2.05, 4.69) is 10.4 Å². The van der Waals surface area contributed by atoms with Crippen molar-refractivity contribution in [3.63, 3.8) is 0 Å². The molecule has 12 heteroatoms. The van der Waals surface area contributed by atoms with E-state index in [1.807, 2.05) is 0 Å². The highest BCUT2D eigenvalue weighted by atomic mass is 35.5. The van der Waals surface area contributed by atoms with Crippen LogP contribution in [0.25, 0.3) is 0 Å². The van der Waals surface area contributed by atoms with E-state index in [-0.39, 0.29) is 40.3 Å². The van der Waals surface area contributed by atoms with Gasteiger partial charge in [-0.3, -0.25) is 19.6 Å². The van der Waals surface area contributed by atoms with E-state index >= 15 is 0 Å². The highest BCUT2D eigenvalue weighted by Crippen LogP contribution is 2.46. The van der Waals surface area contributed by atoms with Crippen LogP contribution in [0.15, 0.2) is 18.2 Å². The Morgan fingerprint density at radius 3 is 2.62 bits per heavy atom. The Morgan fingerprint density at radius 1 is 1.34 bits per heavy atom. The smallest absolute Gasteiger partial charge is 0.352 e. The van der Waals surface area contributed by atoms with E-state index in [0.29, 0.717) is 12.1 Å². The SMILES string of the molecule is O=C(NCCCn1nc(C(F)(F)F)c(Cl)c1C1CC1)c1ccc(Cl)c([N+](=O)[O-])c1. The van der Waals surface area contributed by atoms with Crippen molar-refractivity contribution in [2.45, 2.75) is 37.9 Å². The highest BCUT2D eigenvalue weighted by Gasteiger charge is 2.41. The molecule has 1 fully saturated rings. The maximum Gasteiger partial charge on any atom is 0.436 e. The van der Waals surface area contributed by atoms with Gasteiger partial charge < -0.3 is 5.32 Å². The van der Waals surface area contributed by atoms with Crippen molar-refractivity contribution in [3.05, 3.63) is 55.3 Å². The monoisotopic (exact) mass is 450 g/mol. The number of aryl methyl sites for hydroxylation is 1. The van der Waals surface area contributed by atoms with Crippen molar-refractivity contribution in [3.8, 4) is 0 Å². The molecule has 29 heavy (non-hydrogen) atoms. The largest absolute Gasteiger partial charge is 0.436 e. The molecule has 1 aromatic heterocycles. The minimum Gasteiger partial charge on any atom is -0.352 e. The minimum atomic E-state index is -4.64. The van der Waals surface area contributed by atoms with Crippen LogP contribution in [0.3, 0.4) is 0 Å². The first-order valence-electron chi connectivity index (χ1n) is 8.65. The van der Waals surface area contributed by atoms with Crippen molar-refractivity contribution in [2.75, 3.05) is 6.54 Å². The molecule has 1 aliphatic rings. The molecule has 0 aliphatic heterocycles. The van der Waals surface area contributed by atoms with Gasteiger partial charge in [-0.05, 0) is 31.4 Å². The lowest BCUT2D eigenvalue weighted by atomic mass is 10.2. The molecule has 1 aliphatic carbocycles. The average molecular weight is 451 g/mol. The molecular formula is C17H15Cl2F3N4O3. The Bertz CT molecular complexity index is 958. The Hall–Kier alpha value is -2.33. The fourth-order valence-electron chi connectivity index (χ4n) is 2.88. The highest BCUT2D eigenvalue weighted by molar-refractivity contribution is 6.32. The van der Waals surface area contributed by atoms with Crippen molar-refractivity contribution >= 4 is 34.8 Å².